The van der Waals surface area contributed by atoms with Crippen LogP contribution in [0.1, 0.15) is 24.0 Å². The van der Waals surface area contributed by atoms with Crippen molar-refractivity contribution in [3.8, 4) is 0 Å². The van der Waals surface area contributed by atoms with Gasteiger partial charge in [-0.15, -0.1) is 0 Å². The molecule has 2 atom stereocenters. The Labute approximate surface area is 193 Å². The number of hydrogen-bond acceptors (Lipinski definition) is 7. The van der Waals surface area contributed by atoms with E-state index in [9.17, 15) is 26.4 Å². The summed E-state index contributed by atoms with van der Waals surface area (Å²) < 4.78 is 50.5. The van der Waals surface area contributed by atoms with Gasteiger partial charge >= 0.3 is 6.03 Å². The molecule has 1 aromatic carbocycles. The zero-order valence-corrected chi connectivity index (χ0v) is 19.9. The number of imide groups is 1. The number of amides is 3. The first-order valence-electron chi connectivity index (χ1n) is 11.2. The van der Waals surface area contributed by atoms with E-state index < -0.39 is 36.7 Å². The molecule has 3 fully saturated rings. The molecule has 3 aliphatic heterocycles. The Morgan fingerprint density at radius 1 is 1.06 bits per heavy atom. The van der Waals surface area contributed by atoms with Crippen LogP contribution in [0.15, 0.2) is 24.3 Å². The number of piperazine rings is 1. The van der Waals surface area contributed by atoms with E-state index in [4.69, 9.17) is 0 Å². The van der Waals surface area contributed by atoms with E-state index in [1.807, 2.05) is 23.1 Å². The lowest BCUT2D eigenvalue weighted by Gasteiger charge is -2.36. The van der Waals surface area contributed by atoms with Crippen LogP contribution in [0.2, 0.25) is 0 Å². The fourth-order valence-corrected chi connectivity index (χ4v) is 9.87. The minimum Gasteiger partial charge on any atom is -0.323 e. The van der Waals surface area contributed by atoms with Crippen LogP contribution in [0.3, 0.4) is 0 Å². The van der Waals surface area contributed by atoms with Gasteiger partial charge in [0.1, 0.15) is 5.54 Å². The minimum absolute atomic E-state index is 0.0880. The summed E-state index contributed by atoms with van der Waals surface area (Å²) in [4.78, 5) is 29.1. The molecule has 1 N–H and O–H groups in total. The molecule has 10 nitrogen and oxygen atoms in total. The van der Waals surface area contributed by atoms with Gasteiger partial charge in [0.2, 0.25) is 10.0 Å². The predicted octanol–water partition coefficient (Wildman–Crippen LogP) is -0.442. The van der Waals surface area contributed by atoms with Crippen molar-refractivity contribution in [2.45, 2.75) is 36.5 Å². The number of benzene rings is 1. The molecule has 3 amide bonds. The Morgan fingerprint density at radius 2 is 1.76 bits per heavy atom. The molecule has 2 unspecified atom stereocenters. The highest BCUT2D eigenvalue weighted by Crippen LogP contribution is 2.33. The fraction of sp³-hybridized carbons (Fsp3) is 0.619. The summed E-state index contributed by atoms with van der Waals surface area (Å²) in [5.74, 6) is -0.633. The predicted molar refractivity (Wildman–Crippen MR) is 121 cm³/mol. The third-order valence-corrected chi connectivity index (χ3v) is 11.6. The molecule has 3 saturated heterocycles. The highest BCUT2D eigenvalue weighted by molar-refractivity contribution is 7.95. The normalized spacial score (nSPS) is 30.5. The molecule has 4 aliphatic rings. The van der Waals surface area contributed by atoms with Crippen LogP contribution < -0.4 is 5.32 Å². The van der Waals surface area contributed by atoms with Crippen LogP contribution in [-0.4, -0.2) is 98.0 Å². The Balaban J connectivity index is 1.21. The first-order chi connectivity index (χ1) is 15.6. The van der Waals surface area contributed by atoms with Crippen molar-refractivity contribution in [1.82, 2.24) is 19.4 Å². The maximum Gasteiger partial charge on any atom is 0.326 e. The maximum atomic E-state index is 13.3. The molecule has 0 radical (unpaired) electrons. The van der Waals surface area contributed by atoms with E-state index in [-0.39, 0.29) is 43.6 Å². The Kier molecular flexibility index (Phi) is 5.54. The van der Waals surface area contributed by atoms with E-state index >= 15 is 0 Å². The Morgan fingerprint density at radius 3 is 2.42 bits per heavy atom. The molecule has 1 aliphatic carbocycles. The van der Waals surface area contributed by atoms with Crippen molar-refractivity contribution in [2.24, 2.45) is 0 Å². The lowest BCUT2D eigenvalue weighted by molar-refractivity contribution is -0.133. The number of fused-ring (bicyclic) bond motifs is 1. The van der Waals surface area contributed by atoms with Crippen molar-refractivity contribution in [3.63, 3.8) is 0 Å². The monoisotopic (exact) mass is 496 g/mol. The van der Waals surface area contributed by atoms with Gasteiger partial charge in [0.25, 0.3) is 5.91 Å². The number of hydrogen-bond donors (Lipinski definition) is 1. The lowest BCUT2D eigenvalue weighted by atomic mass is 9.78. The fourth-order valence-electron chi connectivity index (χ4n) is 5.36. The second-order valence-electron chi connectivity index (χ2n) is 9.42. The van der Waals surface area contributed by atoms with Crippen molar-refractivity contribution in [3.05, 3.63) is 35.4 Å². The maximum absolute atomic E-state index is 13.3. The highest BCUT2D eigenvalue weighted by atomic mass is 32.2. The van der Waals surface area contributed by atoms with Crippen molar-refractivity contribution in [2.75, 3.05) is 44.4 Å². The largest absolute Gasteiger partial charge is 0.326 e. The highest BCUT2D eigenvalue weighted by Gasteiger charge is 2.52. The van der Waals surface area contributed by atoms with Gasteiger partial charge in [-0.1, -0.05) is 24.3 Å². The first-order valence-corrected chi connectivity index (χ1v) is 14.5. The smallest absolute Gasteiger partial charge is 0.323 e. The summed E-state index contributed by atoms with van der Waals surface area (Å²) in [6.45, 7) is 1.26. The molecule has 12 heteroatoms. The number of carbonyl (C=O) groups is 2. The quantitative estimate of drug-likeness (QED) is 0.561. The van der Waals surface area contributed by atoms with Crippen LogP contribution in [0.4, 0.5) is 4.79 Å². The zero-order chi connectivity index (χ0) is 23.4. The minimum atomic E-state index is -3.69. The van der Waals surface area contributed by atoms with Crippen LogP contribution in [0, 0.1) is 0 Å². The van der Waals surface area contributed by atoms with Crippen LogP contribution in [-0.2, 0) is 37.5 Å². The van der Waals surface area contributed by atoms with E-state index in [1.54, 1.807) is 0 Å². The Bertz CT molecular complexity index is 1190. The van der Waals surface area contributed by atoms with Crippen molar-refractivity contribution >= 4 is 31.8 Å². The van der Waals surface area contributed by atoms with E-state index in [1.165, 1.54) is 14.8 Å². The van der Waals surface area contributed by atoms with Gasteiger partial charge in [-0.3, -0.25) is 9.69 Å². The van der Waals surface area contributed by atoms with E-state index in [2.05, 4.69) is 11.4 Å². The first kappa shape index (κ1) is 22.8. The van der Waals surface area contributed by atoms with Gasteiger partial charge in [-0.2, -0.15) is 4.31 Å². The summed E-state index contributed by atoms with van der Waals surface area (Å²) in [7, 11) is -6.98. The number of nitrogens with one attached hydrogen (secondary N) is 1. The second kappa shape index (κ2) is 8.03. The molecule has 5 rings (SSSR count). The molecular weight excluding hydrogens is 468 g/mol. The van der Waals surface area contributed by atoms with Gasteiger partial charge in [-0.05, 0) is 30.4 Å². The number of sulfonamides is 1. The summed E-state index contributed by atoms with van der Waals surface area (Å²) >= 11 is 0. The van der Waals surface area contributed by atoms with Gasteiger partial charge in [0, 0.05) is 32.6 Å². The molecule has 0 bridgehead atoms. The SMILES string of the molecule is O=C1NC2(CCc3ccccc3C2)C(=O)N1CN1CCN(S(=O)(=O)C2CCS(=O)(=O)C2)CC1. The number of nitrogens with zero attached hydrogens (tertiary/aromatic N) is 3. The lowest BCUT2D eigenvalue weighted by Crippen LogP contribution is -2.55. The van der Waals surface area contributed by atoms with Gasteiger partial charge < -0.3 is 5.32 Å². The topological polar surface area (TPSA) is 124 Å². The van der Waals surface area contributed by atoms with E-state index in [0.29, 0.717) is 25.9 Å². The average Bonchev–Trinajstić information content (AvgIpc) is 3.26. The Hall–Kier alpha value is -2.02. The van der Waals surface area contributed by atoms with E-state index in [0.717, 1.165) is 12.0 Å². The molecular formula is C21H28N4O6S2. The number of sulfone groups is 1. The standard InChI is InChI=1S/C21H28N4O6S2/c26-19-21(7-5-16-3-1-2-4-17(16)13-21)22-20(27)25(19)15-23-8-10-24(11-9-23)33(30,31)18-6-12-32(28,29)14-18/h1-4,18H,5-15H2,(H,22,27). The second-order valence-corrected chi connectivity index (χ2v) is 13.9. The summed E-state index contributed by atoms with van der Waals surface area (Å²) in [6, 6.07) is 7.55. The van der Waals surface area contributed by atoms with Crippen molar-refractivity contribution < 1.29 is 26.4 Å². The van der Waals surface area contributed by atoms with Crippen molar-refractivity contribution in [1.29, 1.82) is 0 Å². The third-order valence-electron chi connectivity index (χ3n) is 7.32. The average molecular weight is 497 g/mol. The van der Waals surface area contributed by atoms with Crippen LogP contribution >= 0.6 is 0 Å². The molecule has 0 aromatic heterocycles. The van der Waals surface area contributed by atoms with Gasteiger partial charge in [0.05, 0.1) is 23.4 Å². The number of carbonyl (C=O) groups excluding carboxylic acids is 2. The molecule has 0 saturated carbocycles. The third kappa shape index (κ3) is 4.07. The number of rotatable bonds is 4. The van der Waals surface area contributed by atoms with Crippen LogP contribution in [0.5, 0.6) is 0 Å². The number of aryl methyl sites for hydroxylation is 1. The van der Waals surface area contributed by atoms with Crippen LogP contribution in [0.25, 0.3) is 0 Å². The summed E-state index contributed by atoms with van der Waals surface area (Å²) in [5.41, 5.74) is 1.37. The summed E-state index contributed by atoms with van der Waals surface area (Å²) in [5, 5.41) is 2.04. The summed E-state index contributed by atoms with van der Waals surface area (Å²) in [6.07, 6.45) is 1.89. The molecule has 33 heavy (non-hydrogen) atoms. The van der Waals surface area contributed by atoms with Gasteiger partial charge in [0.15, 0.2) is 9.84 Å². The molecule has 1 spiro atoms. The molecule has 3 heterocycles. The molecule has 1 aromatic rings. The number of urea groups is 1. The van der Waals surface area contributed by atoms with Gasteiger partial charge in [-0.25, -0.2) is 26.5 Å². The molecule has 180 valence electrons. The zero-order valence-electron chi connectivity index (χ0n) is 18.3.